The summed E-state index contributed by atoms with van der Waals surface area (Å²) in [7, 11) is 0. The van der Waals surface area contributed by atoms with Crippen molar-refractivity contribution in [3.8, 4) is 0 Å². The van der Waals surface area contributed by atoms with Crippen LogP contribution in [0.4, 0.5) is 0 Å². The molecule has 0 bridgehead atoms. The molecule has 0 unspecified atom stereocenters. The van der Waals surface area contributed by atoms with Crippen LogP contribution >= 0.6 is 0 Å². The zero-order valence-electron chi connectivity index (χ0n) is 10.1. The van der Waals surface area contributed by atoms with E-state index in [9.17, 15) is 0 Å². The maximum Gasteiger partial charge on any atom is 0.125 e. The van der Waals surface area contributed by atoms with Crippen molar-refractivity contribution >= 4 is 0 Å². The van der Waals surface area contributed by atoms with E-state index in [-0.39, 0.29) is 5.41 Å². The van der Waals surface area contributed by atoms with Gasteiger partial charge in [0.2, 0.25) is 0 Å². The molecule has 0 saturated heterocycles. The molecule has 2 rings (SSSR count). The molecule has 0 spiro atoms. The van der Waals surface area contributed by atoms with E-state index in [0.29, 0.717) is 0 Å². The van der Waals surface area contributed by atoms with Crippen LogP contribution in [0.2, 0.25) is 0 Å². The summed E-state index contributed by atoms with van der Waals surface area (Å²) in [5.74, 6) is -1.16. The Morgan fingerprint density at radius 1 is 1.25 bits per heavy atom. The van der Waals surface area contributed by atoms with Crippen LogP contribution < -0.4 is 17.2 Å². The maximum absolute atomic E-state index is 5.96. The number of hydrogen-bond acceptors (Lipinski definition) is 3. The molecule has 0 radical (unpaired) electrons. The van der Waals surface area contributed by atoms with E-state index >= 15 is 0 Å². The first kappa shape index (κ1) is 11.6. The average molecular weight is 219 g/mol. The quantitative estimate of drug-likeness (QED) is 0.619. The first-order valence-corrected chi connectivity index (χ1v) is 5.81. The van der Waals surface area contributed by atoms with Gasteiger partial charge in [-0.15, -0.1) is 0 Å². The number of nitrogens with two attached hydrogens (primary N) is 3. The Kier molecular flexibility index (Phi) is 2.57. The highest BCUT2D eigenvalue weighted by atomic mass is 15.1. The number of aryl methyl sites for hydroxylation is 2. The molecular formula is C13H21N3. The molecule has 1 aliphatic rings. The summed E-state index contributed by atoms with van der Waals surface area (Å²) < 4.78 is 0. The summed E-state index contributed by atoms with van der Waals surface area (Å²) in [6.45, 7) is 4.16. The van der Waals surface area contributed by atoms with Gasteiger partial charge in [0.15, 0.2) is 0 Å². The Bertz CT molecular complexity index is 406. The molecule has 16 heavy (non-hydrogen) atoms. The molecule has 0 aromatic heterocycles. The minimum absolute atomic E-state index is 0.327. The van der Waals surface area contributed by atoms with E-state index in [1.54, 1.807) is 0 Å². The van der Waals surface area contributed by atoms with E-state index < -0.39 is 5.79 Å². The van der Waals surface area contributed by atoms with Gasteiger partial charge in [-0.1, -0.05) is 30.7 Å². The van der Waals surface area contributed by atoms with Gasteiger partial charge in [0.1, 0.15) is 5.79 Å². The Labute approximate surface area is 97.0 Å². The summed E-state index contributed by atoms with van der Waals surface area (Å²) in [6.07, 6.45) is 3.15. The number of benzene rings is 1. The topological polar surface area (TPSA) is 78.1 Å². The molecule has 1 atom stereocenters. The zero-order valence-corrected chi connectivity index (χ0v) is 10.1. The third kappa shape index (κ3) is 1.65. The lowest BCUT2D eigenvalue weighted by Gasteiger charge is -2.45. The van der Waals surface area contributed by atoms with Gasteiger partial charge in [-0.05, 0) is 37.3 Å². The summed E-state index contributed by atoms with van der Waals surface area (Å²) >= 11 is 0. The van der Waals surface area contributed by atoms with E-state index in [1.165, 1.54) is 16.7 Å². The van der Waals surface area contributed by atoms with Gasteiger partial charge in [0, 0.05) is 5.41 Å². The molecule has 6 N–H and O–H groups in total. The highest BCUT2D eigenvalue weighted by Gasteiger charge is 2.43. The summed E-state index contributed by atoms with van der Waals surface area (Å²) in [5.41, 5.74) is 21.4. The molecule has 3 nitrogen and oxygen atoms in total. The van der Waals surface area contributed by atoms with Crippen molar-refractivity contribution in [3.05, 3.63) is 34.9 Å². The lowest BCUT2D eigenvalue weighted by atomic mass is 9.67. The van der Waals surface area contributed by atoms with Crippen LogP contribution in [0.15, 0.2) is 18.2 Å². The molecule has 1 aliphatic carbocycles. The fourth-order valence-electron chi connectivity index (χ4n) is 2.64. The molecule has 0 amide bonds. The number of fused-ring (bicyclic) bond motifs is 1. The number of rotatable bonds is 1. The van der Waals surface area contributed by atoms with Crippen molar-refractivity contribution in [2.75, 3.05) is 0 Å². The second kappa shape index (κ2) is 3.55. The smallest absolute Gasteiger partial charge is 0.125 e. The van der Waals surface area contributed by atoms with Gasteiger partial charge >= 0.3 is 0 Å². The van der Waals surface area contributed by atoms with Crippen molar-refractivity contribution in [1.82, 2.24) is 0 Å². The predicted octanol–water partition coefficient (Wildman–Crippen LogP) is 1.12. The highest BCUT2D eigenvalue weighted by molar-refractivity contribution is 5.41. The highest BCUT2D eigenvalue weighted by Crippen LogP contribution is 2.40. The van der Waals surface area contributed by atoms with E-state index in [0.717, 1.165) is 19.3 Å². The standard InChI is InChI=1S/C13H21N3/c1-9-5-6-10-4-3-7-12(2,11(10)8-9)13(14,15)16/h5-6,8H,3-4,7,14-16H2,1-2H3/t12-/m0/s1. The zero-order chi connectivity index (χ0) is 12.0. The third-order valence-corrected chi connectivity index (χ3v) is 3.94. The van der Waals surface area contributed by atoms with Crippen molar-refractivity contribution in [2.24, 2.45) is 17.2 Å². The Morgan fingerprint density at radius 2 is 1.94 bits per heavy atom. The molecule has 0 heterocycles. The molecule has 1 aromatic rings. The van der Waals surface area contributed by atoms with Crippen LogP contribution in [-0.4, -0.2) is 5.79 Å². The molecule has 88 valence electrons. The normalized spacial score (nSPS) is 25.3. The Balaban J connectivity index is 2.59. The van der Waals surface area contributed by atoms with Gasteiger partial charge in [-0.2, -0.15) is 0 Å². The first-order chi connectivity index (χ1) is 7.34. The summed E-state index contributed by atoms with van der Waals surface area (Å²) in [5, 5.41) is 0. The average Bonchev–Trinajstić information content (AvgIpc) is 2.18. The Hall–Kier alpha value is -0.900. The monoisotopic (exact) mass is 219 g/mol. The minimum Gasteiger partial charge on any atom is -0.301 e. The van der Waals surface area contributed by atoms with Crippen LogP contribution in [0.3, 0.4) is 0 Å². The predicted molar refractivity (Wildman–Crippen MR) is 66.8 cm³/mol. The number of hydrogen-bond donors (Lipinski definition) is 3. The second-order valence-electron chi connectivity index (χ2n) is 5.28. The minimum atomic E-state index is -1.16. The van der Waals surface area contributed by atoms with Crippen LogP contribution in [0.1, 0.15) is 36.5 Å². The SMILES string of the molecule is Cc1ccc2c(c1)[C@@](C)(C(N)(N)N)CCC2. The van der Waals surface area contributed by atoms with E-state index in [1.807, 2.05) is 0 Å². The molecule has 0 saturated carbocycles. The fourth-order valence-corrected chi connectivity index (χ4v) is 2.64. The van der Waals surface area contributed by atoms with Gasteiger partial charge in [0.05, 0.1) is 0 Å². The lowest BCUT2D eigenvalue weighted by Crippen LogP contribution is -2.70. The maximum atomic E-state index is 5.96. The Morgan fingerprint density at radius 3 is 2.56 bits per heavy atom. The molecular weight excluding hydrogens is 198 g/mol. The van der Waals surface area contributed by atoms with Crippen LogP contribution in [0.5, 0.6) is 0 Å². The van der Waals surface area contributed by atoms with E-state index in [2.05, 4.69) is 32.0 Å². The van der Waals surface area contributed by atoms with Crippen molar-refractivity contribution in [3.63, 3.8) is 0 Å². The van der Waals surface area contributed by atoms with Crippen molar-refractivity contribution in [1.29, 1.82) is 0 Å². The first-order valence-electron chi connectivity index (χ1n) is 5.81. The fraction of sp³-hybridized carbons (Fsp3) is 0.538. The molecule has 1 aromatic carbocycles. The van der Waals surface area contributed by atoms with Gasteiger partial charge < -0.3 is 17.2 Å². The van der Waals surface area contributed by atoms with Crippen molar-refractivity contribution < 1.29 is 0 Å². The molecule has 3 heteroatoms. The van der Waals surface area contributed by atoms with Gasteiger partial charge in [-0.25, -0.2) is 0 Å². The third-order valence-electron chi connectivity index (χ3n) is 3.94. The van der Waals surface area contributed by atoms with E-state index in [4.69, 9.17) is 17.2 Å². The second-order valence-corrected chi connectivity index (χ2v) is 5.28. The lowest BCUT2D eigenvalue weighted by molar-refractivity contribution is 0.217. The molecule has 0 fully saturated rings. The summed E-state index contributed by atoms with van der Waals surface area (Å²) in [4.78, 5) is 0. The van der Waals surface area contributed by atoms with Gasteiger partial charge in [0.25, 0.3) is 0 Å². The van der Waals surface area contributed by atoms with Crippen LogP contribution in [0.25, 0.3) is 0 Å². The summed E-state index contributed by atoms with van der Waals surface area (Å²) in [6, 6.07) is 6.49. The van der Waals surface area contributed by atoms with Crippen molar-refractivity contribution in [2.45, 2.75) is 44.3 Å². The molecule has 0 aliphatic heterocycles. The van der Waals surface area contributed by atoms with Crippen LogP contribution in [0, 0.1) is 6.92 Å². The largest absolute Gasteiger partial charge is 0.301 e. The van der Waals surface area contributed by atoms with Gasteiger partial charge in [-0.3, -0.25) is 0 Å². The van der Waals surface area contributed by atoms with Crippen LogP contribution in [-0.2, 0) is 11.8 Å².